The maximum atomic E-state index is 11.5. The fraction of sp³-hybridized carbons (Fsp3) is 0.889. The summed E-state index contributed by atoms with van der Waals surface area (Å²) in [5, 5.41) is 5.08. The van der Waals surface area contributed by atoms with Crippen molar-refractivity contribution in [3.63, 3.8) is 0 Å². The molecule has 0 aromatic carbocycles. The van der Waals surface area contributed by atoms with Gasteiger partial charge in [-0.25, -0.2) is 5.14 Å². The number of hydrogen-bond acceptors (Lipinski definition) is 4. The maximum absolute atomic E-state index is 11.5. The number of hydrogen-bond donors (Lipinski definition) is 1. The molecule has 1 rings (SSSR count). The highest BCUT2D eigenvalue weighted by Crippen LogP contribution is 2.05. The molecule has 1 aliphatic heterocycles. The Kier molecular flexibility index (Phi) is 4.87. The van der Waals surface area contributed by atoms with Gasteiger partial charge in [-0.1, -0.05) is 0 Å². The van der Waals surface area contributed by atoms with Gasteiger partial charge < -0.3 is 4.90 Å². The highest BCUT2D eigenvalue weighted by Gasteiger charge is 2.22. The third kappa shape index (κ3) is 4.58. The normalized spacial score (nSPS) is 19.9. The smallest absolute Gasteiger partial charge is 0.276 e. The zero-order chi connectivity index (χ0) is 13.1. The van der Waals surface area contributed by atoms with Crippen LogP contribution in [0.4, 0.5) is 0 Å². The Bertz CT molecular complexity index is 368. The van der Waals surface area contributed by atoms with Gasteiger partial charge in [0.2, 0.25) is 5.91 Å². The van der Waals surface area contributed by atoms with Gasteiger partial charge in [0.05, 0.1) is 6.54 Å². The number of carbonyl (C=O) groups excluding carboxylic acids is 1. The van der Waals surface area contributed by atoms with Gasteiger partial charge in [-0.15, -0.1) is 0 Å². The van der Waals surface area contributed by atoms with E-state index in [9.17, 15) is 13.2 Å². The fourth-order valence-corrected chi connectivity index (χ4v) is 2.41. The Morgan fingerprint density at radius 2 is 1.88 bits per heavy atom. The molecule has 0 aliphatic carbocycles. The first-order valence-corrected chi connectivity index (χ1v) is 7.01. The quantitative estimate of drug-likeness (QED) is 0.657. The molecular formula is C9H20N4O3S. The molecule has 1 aliphatic rings. The Morgan fingerprint density at radius 3 is 2.41 bits per heavy atom. The van der Waals surface area contributed by atoms with Crippen LogP contribution in [0.15, 0.2) is 0 Å². The summed E-state index contributed by atoms with van der Waals surface area (Å²) in [5.74, 6) is 0.0223. The Hall–Kier alpha value is -0.700. The molecule has 0 radical (unpaired) electrons. The molecule has 0 atom stereocenters. The van der Waals surface area contributed by atoms with Crippen molar-refractivity contribution < 1.29 is 13.2 Å². The molecule has 0 aromatic heterocycles. The topological polar surface area (TPSA) is 86.9 Å². The van der Waals surface area contributed by atoms with Crippen molar-refractivity contribution in [2.75, 3.05) is 46.8 Å². The van der Waals surface area contributed by atoms with E-state index in [0.717, 1.165) is 0 Å². The zero-order valence-electron chi connectivity index (χ0n) is 10.3. The minimum atomic E-state index is -3.61. The number of nitrogens with two attached hydrogens (primary N) is 1. The van der Waals surface area contributed by atoms with E-state index in [0.29, 0.717) is 39.1 Å². The van der Waals surface area contributed by atoms with Crippen LogP contribution < -0.4 is 5.14 Å². The molecular weight excluding hydrogens is 244 g/mol. The third-order valence-corrected chi connectivity index (χ3v) is 3.85. The monoisotopic (exact) mass is 264 g/mol. The Labute approximate surface area is 102 Å². The van der Waals surface area contributed by atoms with Crippen molar-refractivity contribution in [3.8, 4) is 0 Å². The second kappa shape index (κ2) is 5.76. The largest absolute Gasteiger partial charge is 0.348 e. The van der Waals surface area contributed by atoms with Gasteiger partial charge in [0.25, 0.3) is 10.2 Å². The lowest BCUT2D eigenvalue weighted by Crippen LogP contribution is -2.41. The van der Waals surface area contributed by atoms with Crippen molar-refractivity contribution in [2.45, 2.75) is 6.42 Å². The summed E-state index contributed by atoms with van der Waals surface area (Å²) in [6.45, 7) is 2.35. The molecule has 1 amide bonds. The van der Waals surface area contributed by atoms with E-state index in [2.05, 4.69) is 0 Å². The van der Waals surface area contributed by atoms with E-state index in [1.807, 2.05) is 4.90 Å². The summed E-state index contributed by atoms with van der Waals surface area (Å²) in [4.78, 5) is 15.0. The van der Waals surface area contributed by atoms with Crippen LogP contribution in [0.25, 0.3) is 0 Å². The molecule has 1 saturated heterocycles. The van der Waals surface area contributed by atoms with Gasteiger partial charge in [-0.05, 0) is 13.0 Å². The van der Waals surface area contributed by atoms with Crippen molar-refractivity contribution in [3.05, 3.63) is 0 Å². The zero-order valence-corrected chi connectivity index (χ0v) is 11.1. The number of rotatable bonds is 3. The summed E-state index contributed by atoms with van der Waals surface area (Å²) < 4.78 is 23.6. The fourth-order valence-electron chi connectivity index (χ4n) is 1.69. The van der Waals surface area contributed by atoms with Crippen LogP contribution >= 0.6 is 0 Å². The first-order chi connectivity index (χ1) is 7.80. The Morgan fingerprint density at radius 1 is 1.24 bits per heavy atom. The van der Waals surface area contributed by atoms with Gasteiger partial charge in [-0.3, -0.25) is 9.69 Å². The van der Waals surface area contributed by atoms with Gasteiger partial charge >= 0.3 is 0 Å². The van der Waals surface area contributed by atoms with E-state index in [1.54, 1.807) is 14.1 Å². The van der Waals surface area contributed by atoms with Gasteiger partial charge in [-0.2, -0.15) is 12.7 Å². The first-order valence-electron chi connectivity index (χ1n) is 5.51. The number of likely N-dealkylation sites (N-methyl/N-ethyl adjacent to an activating group) is 1. The molecule has 8 heteroatoms. The lowest BCUT2D eigenvalue weighted by atomic mass is 10.4. The summed E-state index contributed by atoms with van der Waals surface area (Å²) in [5.41, 5.74) is 0. The van der Waals surface area contributed by atoms with Crippen LogP contribution in [0.5, 0.6) is 0 Å². The summed E-state index contributed by atoms with van der Waals surface area (Å²) in [7, 11) is -0.196. The predicted molar refractivity (Wildman–Crippen MR) is 64.4 cm³/mol. The standard InChI is InChI=1S/C9H20N4O3S/c1-11(2)9(14)8-12-4-3-5-13(7-6-12)17(10,15)16/h3-8H2,1-2H3,(H2,10,15,16). The lowest BCUT2D eigenvalue weighted by Gasteiger charge is -2.21. The van der Waals surface area contributed by atoms with Crippen molar-refractivity contribution >= 4 is 16.1 Å². The summed E-state index contributed by atoms with van der Waals surface area (Å²) in [6, 6.07) is 0. The predicted octanol–water partition coefficient (Wildman–Crippen LogP) is -1.71. The van der Waals surface area contributed by atoms with Crippen LogP contribution in [0, 0.1) is 0 Å². The molecule has 7 nitrogen and oxygen atoms in total. The van der Waals surface area contributed by atoms with Crippen molar-refractivity contribution in [2.24, 2.45) is 5.14 Å². The van der Waals surface area contributed by atoms with Crippen LogP contribution in [-0.4, -0.2) is 75.2 Å². The molecule has 100 valence electrons. The van der Waals surface area contributed by atoms with E-state index < -0.39 is 10.2 Å². The number of nitrogens with zero attached hydrogens (tertiary/aromatic N) is 3. The highest BCUT2D eigenvalue weighted by atomic mass is 32.2. The van der Waals surface area contributed by atoms with Gasteiger partial charge in [0.15, 0.2) is 0 Å². The van der Waals surface area contributed by atoms with Crippen LogP contribution in [-0.2, 0) is 15.0 Å². The molecule has 0 saturated carbocycles. The van der Waals surface area contributed by atoms with Crippen molar-refractivity contribution in [1.82, 2.24) is 14.1 Å². The second-order valence-electron chi connectivity index (χ2n) is 4.36. The van der Waals surface area contributed by atoms with Crippen LogP contribution in [0.2, 0.25) is 0 Å². The molecule has 17 heavy (non-hydrogen) atoms. The van der Waals surface area contributed by atoms with Gasteiger partial charge in [0.1, 0.15) is 0 Å². The molecule has 0 aromatic rings. The van der Waals surface area contributed by atoms with E-state index in [-0.39, 0.29) is 5.91 Å². The minimum absolute atomic E-state index is 0.0223. The second-order valence-corrected chi connectivity index (χ2v) is 5.91. The molecule has 1 fully saturated rings. The van der Waals surface area contributed by atoms with Gasteiger partial charge in [0, 0.05) is 33.7 Å². The van der Waals surface area contributed by atoms with E-state index in [1.165, 1.54) is 9.21 Å². The van der Waals surface area contributed by atoms with E-state index >= 15 is 0 Å². The van der Waals surface area contributed by atoms with Crippen molar-refractivity contribution in [1.29, 1.82) is 0 Å². The molecule has 0 bridgehead atoms. The maximum Gasteiger partial charge on any atom is 0.276 e. The number of amides is 1. The van der Waals surface area contributed by atoms with E-state index in [4.69, 9.17) is 5.14 Å². The summed E-state index contributed by atoms with van der Waals surface area (Å²) >= 11 is 0. The lowest BCUT2D eigenvalue weighted by molar-refractivity contribution is -0.129. The first kappa shape index (κ1) is 14.4. The average molecular weight is 264 g/mol. The minimum Gasteiger partial charge on any atom is -0.348 e. The van der Waals surface area contributed by atoms with Crippen LogP contribution in [0.3, 0.4) is 0 Å². The average Bonchev–Trinajstić information content (AvgIpc) is 2.42. The summed E-state index contributed by atoms with van der Waals surface area (Å²) in [6.07, 6.45) is 0.692. The van der Waals surface area contributed by atoms with Crippen LogP contribution in [0.1, 0.15) is 6.42 Å². The molecule has 2 N–H and O–H groups in total. The Balaban J connectivity index is 2.51. The molecule has 0 unspecified atom stereocenters. The molecule has 1 heterocycles. The molecule has 0 spiro atoms. The highest BCUT2D eigenvalue weighted by molar-refractivity contribution is 7.86. The SMILES string of the molecule is CN(C)C(=O)CN1CCCN(S(N)(=O)=O)CC1. The number of carbonyl (C=O) groups is 1. The third-order valence-electron chi connectivity index (χ3n) is 2.77.